The van der Waals surface area contributed by atoms with Crippen LogP contribution >= 0.6 is 0 Å². The lowest BCUT2D eigenvalue weighted by molar-refractivity contribution is -0.161. The first-order valence-corrected chi connectivity index (χ1v) is 7.05. The van der Waals surface area contributed by atoms with Gasteiger partial charge in [-0.05, 0) is 40.3 Å². The summed E-state index contributed by atoms with van der Waals surface area (Å²) < 4.78 is 5.48. The number of nitrogens with zero attached hydrogens (tertiary/aromatic N) is 1. The molecule has 1 aliphatic rings. The highest BCUT2D eigenvalue weighted by atomic mass is 16.6. The van der Waals surface area contributed by atoms with Gasteiger partial charge in [0.05, 0.1) is 5.92 Å². The highest BCUT2D eigenvalue weighted by molar-refractivity contribution is 5.73. The summed E-state index contributed by atoms with van der Waals surface area (Å²) in [6, 6.07) is 0.450. The fourth-order valence-electron chi connectivity index (χ4n) is 2.50. The van der Waals surface area contributed by atoms with Crippen LogP contribution in [0.2, 0.25) is 0 Å². The average molecular weight is 256 g/mol. The zero-order chi connectivity index (χ0) is 13.8. The van der Waals surface area contributed by atoms with E-state index in [1.165, 1.54) is 0 Å². The minimum absolute atomic E-state index is 0.0106. The zero-order valence-corrected chi connectivity index (χ0v) is 12.5. The van der Waals surface area contributed by atoms with Gasteiger partial charge in [-0.2, -0.15) is 0 Å². The molecule has 0 aliphatic carbocycles. The van der Waals surface area contributed by atoms with E-state index in [0.717, 1.165) is 32.6 Å². The van der Waals surface area contributed by atoms with Crippen LogP contribution in [0.1, 0.15) is 41.0 Å². The molecule has 4 heteroatoms. The van der Waals surface area contributed by atoms with Crippen molar-refractivity contribution in [2.75, 3.05) is 26.2 Å². The Balaban J connectivity index is 2.55. The van der Waals surface area contributed by atoms with Crippen LogP contribution < -0.4 is 5.32 Å². The summed E-state index contributed by atoms with van der Waals surface area (Å²) >= 11 is 0. The van der Waals surface area contributed by atoms with Crippen molar-refractivity contribution in [3.8, 4) is 0 Å². The largest absolute Gasteiger partial charge is 0.460 e. The third kappa shape index (κ3) is 4.58. The number of carbonyl (C=O) groups is 1. The molecule has 0 unspecified atom stereocenters. The maximum atomic E-state index is 12.1. The molecule has 0 bridgehead atoms. The van der Waals surface area contributed by atoms with Crippen LogP contribution in [0.15, 0.2) is 0 Å². The molecule has 1 N–H and O–H groups in total. The van der Waals surface area contributed by atoms with Crippen LogP contribution in [-0.2, 0) is 9.53 Å². The number of likely N-dealkylation sites (N-methyl/N-ethyl adjacent to an activating group) is 1. The summed E-state index contributed by atoms with van der Waals surface area (Å²) in [5.74, 6) is -0.0737. The van der Waals surface area contributed by atoms with Crippen molar-refractivity contribution in [1.82, 2.24) is 10.2 Å². The highest BCUT2D eigenvalue weighted by Gasteiger charge is 2.32. The van der Waals surface area contributed by atoms with Crippen molar-refractivity contribution >= 4 is 5.97 Å². The fraction of sp³-hybridized carbons (Fsp3) is 0.929. The van der Waals surface area contributed by atoms with Crippen molar-refractivity contribution in [3.05, 3.63) is 0 Å². The molecule has 0 radical (unpaired) electrons. The van der Waals surface area contributed by atoms with Gasteiger partial charge in [-0.1, -0.05) is 13.8 Å². The summed E-state index contributed by atoms with van der Waals surface area (Å²) in [6.07, 6.45) is 0.906. The molecule has 4 nitrogen and oxygen atoms in total. The van der Waals surface area contributed by atoms with Crippen molar-refractivity contribution < 1.29 is 9.53 Å². The number of hydrogen-bond acceptors (Lipinski definition) is 4. The van der Waals surface area contributed by atoms with E-state index in [1.54, 1.807) is 0 Å². The minimum atomic E-state index is -0.390. The van der Waals surface area contributed by atoms with E-state index in [4.69, 9.17) is 4.74 Å². The Kier molecular flexibility index (Phi) is 5.60. The topological polar surface area (TPSA) is 41.6 Å². The Bertz CT molecular complexity index is 269. The fourth-order valence-corrected chi connectivity index (χ4v) is 2.50. The molecular formula is C14H28N2O2. The predicted octanol–water partition coefficient (Wildman–Crippen LogP) is 1.65. The second-order valence-electron chi connectivity index (χ2n) is 6.00. The summed E-state index contributed by atoms with van der Waals surface area (Å²) in [5.41, 5.74) is -0.390. The highest BCUT2D eigenvalue weighted by Crippen LogP contribution is 2.20. The molecule has 106 valence electrons. The number of piperidine rings is 1. The van der Waals surface area contributed by atoms with Gasteiger partial charge in [0.25, 0.3) is 0 Å². The second kappa shape index (κ2) is 6.53. The average Bonchev–Trinajstić information content (AvgIpc) is 2.29. The molecule has 1 fully saturated rings. The lowest BCUT2D eigenvalue weighted by atomic mass is 9.94. The Labute approximate surface area is 111 Å². The summed E-state index contributed by atoms with van der Waals surface area (Å²) in [7, 11) is 0. The van der Waals surface area contributed by atoms with Gasteiger partial charge in [0.2, 0.25) is 0 Å². The van der Waals surface area contributed by atoms with Gasteiger partial charge >= 0.3 is 5.97 Å². The number of nitrogens with one attached hydrogen (secondary N) is 1. The molecule has 0 saturated carbocycles. The third-order valence-corrected chi connectivity index (χ3v) is 3.40. The van der Waals surface area contributed by atoms with Crippen LogP contribution in [-0.4, -0.2) is 48.7 Å². The van der Waals surface area contributed by atoms with Gasteiger partial charge in [0, 0.05) is 19.1 Å². The third-order valence-electron chi connectivity index (χ3n) is 3.40. The van der Waals surface area contributed by atoms with Gasteiger partial charge < -0.3 is 10.1 Å². The maximum Gasteiger partial charge on any atom is 0.310 e. The van der Waals surface area contributed by atoms with E-state index in [9.17, 15) is 4.79 Å². The van der Waals surface area contributed by atoms with Gasteiger partial charge in [0.15, 0.2) is 0 Å². The molecule has 2 atom stereocenters. The first kappa shape index (κ1) is 15.4. The smallest absolute Gasteiger partial charge is 0.310 e. The molecule has 1 heterocycles. The number of hydrogen-bond donors (Lipinski definition) is 1. The Hall–Kier alpha value is -0.610. The van der Waals surface area contributed by atoms with Crippen LogP contribution in [0.3, 0.4) is 0 Å². The van der Waals surface area contributed by atoms with Crippen molar-refractivity contribution in [3.63, 3.8) is 0 Å². The van der Waals surface area contributed by atoms with E-state index in [2.05, 4.69) is 24.1 Å². The van der Waals surface area contributed by atoms with Gasteiger partial charge in [-0.3, -0.25) is 9.69 Å². The minimum Gasteiger partial charge on any atom is -0.460 e. The Morgan fingerprint density at radius 3 is 2.39 bits per heavy atom. The molecule has 18 heavy (non-hydrogen) atoms. The summed E-state index contributed by atoms with van der Waals surface area (Å²) in [4.78, 5) is 14.5. The van der Waals surface area contributed by atoms with E-state index >= 15 is 0 Å². The van der Waals surface area contributed by atoms with E-state index < -0.39 is 0 Å². The Morgan fingerprint density at radius 2 is 1.89 bits per heavy atom. The Morgan fingerprint density at radius 1 is 1.28 bits per heavy atom. The number of carbonyl (C=O) groups excluding carboxylic acids is 1. The van der Waals surface area contributed by atoms with Gasteiger partial charge in [-0.25, -0.2) is 0 Å². The maximum absolute atomic E-state index is 12.1. The molecule has 0 spiro atoms. The van der Waals surface area contributed by atoms with E-state index in [1.807, 2.05) is 20.8 Å². The van der Waals surface area contributed by atoms with Gasteiger partial charge in [0.1, 0.15) is 5.60 Å². The zero-order valence-electron chi connectivity index (χ0n) is 12.5. The van der Waals surface area contributed by atoms with Gasteiger partial charge in [-0.15, -0.1) is 0 Å². The first-order valence-electron chi connectivity index (χ1n) is 7.05. The van der Waals surface area contributed by atoms with Crippen LogP contribution in [0.4, 0.5) is 0 Å². The molecule has 0 aromatic rings. The molecule has 0 aromatic heterocycles. The lowest BCUT2D eigenvalue weighted by Crippen LogP contribution is -2.51. The lowest BCUT2D eigenvalue weighted by Gasteiger charge is -2.36. The van der Waals surface area contributed by atoms with Crippen LogP contribution in [0.5, 0.6) is 0 Å². The summed E-state index contributed by atoms with van der Waals surface area (Å²) in [5, 5.41) is 3.36. The first-order chi connectivity index (χ1) is 8.37. The standard InChI is InChI=1S/C14H28N2O2/c1-6-16(7-2)12-8-11(9-15-10-12)13(17)18-14(3,4)5/h11-12,15H,6-10H2,1-5H3/t11-,12+/m1/s1. The monoisotopic (exact) mass is 256 g/mol. The molecule has 1 rings (SSSR count). The molecule has 1 saturated heterocycles. The predicted molar refractivity (Wildman–Crippen MR) is 73.5 cm³/mol. The van der Waals surface area contributed by atoms with Crippen molar-refractivity contribution in [2.45, 2.75) is 52.7 Å². The van der Waals surface area contributed by atoms with Crippen molar-refractivity contribution in [2.24, 2.45) is 5.92 Å². The van der Waals surface area contributed by atoms with E-state index in [0.29, 0.717) is 6.04 Å². The van der Waals surface area contributed by atoms with Crippen molar-refractivity contribution in [1.29, 1.82) is 0 Å². The number of ether oxygens (including phenoxy) is 1. The van der Waals surface area contributed by atoms with Crippen LogP contribution in [0, 0.1) is 5.92 Å². The van der Waals surface area contributed by atoms with E-state index in [-0.39, 0.29) is 17.5 Å². The molecule has 0 amide bonds. The molecule has 1 aliphatic heterocycles. The quantitative estimate of drug-likeness (QED) is 0.777. The second-order valence-corrected chi connectivity index (χ2v) is 6.00. The summed E-state index contributed by atoms with van der Waals surface area (Å²) in [6.45, 7) is 13.9. The number of rotatable bonds is 4. The molecular weight excluding hydrogens is 228 g/mol. The number of esters is 1. The van der Waals surface area contributed by atoms with Crippen LogP contribution in [0.25, 0.3) is 0 Å². The SMILES string of the molecule is CCN(CC)[C@@H]1CNC[C@H](C(=O)OC(C)(C)C)C1. The molecule has 0 aromatic carbocycles. The normalized spacial score (nSPS) is 25.2.